The van der Waals surface area contributed by atoms with Crippen LogP contribution in [-0.2, 0) is 0 Å². The number of halogens is 1. The number of nitrogens with one attached hydrogen (secondary N) is 1. The lowest BCUT2D eigenvalue weighted by atomic mass is 9.75. The van der Waals surface area contributed by atoms with Crippen LogP contribution >= 0.6 is 15.9 Å². The molecule has 2 fully saturated rings. The summed E-state index contributed by atoms with van der Waals surface area (Å²) in [6.07, 6.45) is 8.03. The van der Waals surface area contributed by atoms with Gasteiger partial charge < -0.3 is 10.2 Å². The lowest BCUT2D eigenvalue weighted by Gasteiger charge is -2.46. The van der Waals surface area contributed by atoms with Crippen molar-refractivity contribution in [2.45, 2.75) is 50.4 Å². The number of carbonyl (C=O) groups is 1. The molecular weight excluding hydrogens is 424 g/mol. The summed E-state index contributed by atoms with van der Waals surface area (Å²) in [5, 5.41) is 3.23. The molecule has 4 atom stereocenters. The van der Waals surface area contributed by atoms with Crippen LogP contribution in [0.1, 0.15) is 71.8 Å². The molecule has 2 aromatic carbocycles. The van der Waals surface area contributed by atoms with Crippen molar-refractivity contribution in [2.75, 3.05) is 23.3 Å². The minimum absolute atomic E-state index is 0.0148. The number of hydrogen-bond acceptors (Lipinski definition) is 2. The van der Waals surface area contributed by atoms with Crippen LogP contribution in [0.4, 0.5) is 11.4 Å². The molecule has 1 amide bonds. The summed E-state index contributed by atoms with van der Waals surface area (Å²) in [5.74, 6) is 2.94. The van der Waals surface area contributed by atoms with E-state index in [-0.39, 0.29) is 5.91 Å². The Labute approximate surface area is 181 Å². The van der Waals surface area contributed by atoms with Crippen molar-refractivity contribution >= 4 is 33.2 Å². The molecule has 2 aliphatic carbocycles. The topological polar surface area (TPSA) is 32.3 Å². The second kappa shape index (κ2) is 6.87. The van der Waals surface area contributed by atoms with Gasteiger partial charge in [-0.2, -0.15) is 0 Å². The number of fused-ring (bicyclic) bond motifs is 4. The molecule has 2 heterocycles. The molecule has 2 saturated carbocycles. The van der Waals surface area contributed by atoms with E-state index in [1.165, 1.54) is 68.4 Å². The maximum Gasteiger partial charge on any atom is 0.255 e. The molecule has 4 aliphatic rings. The number of anilines is 2. The number of benzene rings is 2. The Morgan fingerprint density at radius 1 is 0.897 bits per heavy atom. The zero-order chi connectivity index (χ0) is 19.5. The lowest BCUT2D eigenvalue weighted by molar-refractivity contribution is 0.102. The summed E-state index contributed by atoms with van der Waals surface area (Å²) < 4.78 is 0.993. The molecular formula is C25H27BrN2O. The van der Waals surface area contributed by atoms with Crippen molar-refractivity contribution in [3.05, 3.63) is 57.6 Å². The molecule has 29 heavy (non-hydrogen) atoms. The zero-order valence-electron chi connectivity index (χ0n) is 16.7. The van der Waals surface area contributed by atoms with Gasteiger partial charge in [-0.3, -0.25) is 4.79 Å². The summed E-state index contributed by atoms with van der Waals surface area (Å²) >= 11 is 3.45. The highest BCUT2D eigenvalue weighted by Crippen LogP contribution is 2.56. The summed E-state index contributed by atoms with van der Waals surface area (Å²) in [6.45, 7) is 2.50. The Morgan fingerprint density at radius 2 is 1.48 bits per heavy atom. The average molecular weight is 451 g/mol. The van der Waals surface area contributed by atoms with Gasteiger partial charge in [-0.25, -0.2) is 0 Å². The third-order valence-corrected chi connectivity index (χ3v) is 8.40. The van der Waals surface area contributed by atoms with Crippen molar-refractivity contribution in [1.82, 2.24) is 0 Å². The highest BCUT2D eigenvalue weighted by atomic mass is 79.9. The first-order valence-corrected chi connectivity index (χ1v) is 12.0. The molecule has 1 N–H and O–H groups in total. The number of nitrogens with zero attached hydrogens (tertiary/aromatic N) is 1. The number of carbonyl (C=O) groups excluding carboxylic acids is 1. The normalized spacial score (nSPS) is 29.2. The predicted octanol–water partition coefficient (Wildman–Crippen LogP) is 6.30. The molecule has 0 unspecified atom stereocenters. The first kappa shape index (κ1) is 18.0. The molecule has 150 valence electrons. The summed E-state index contributed by atoms with van der Waals surface area (Å²) in [7, 11) is 0. The van der Waals surface area contributed by atoms with Crippen LogP contribution in [0.15, 0.2) is 40.9 Å². The first-order valence-electron chi connectivity index (χ1n) is 11.2. The van der Waals surface area contributed by atoms with Crippen molar-refractivity contribution in [3.8, 4) is 0 Å². The Hall–Kier alpha value is -1.81. The molecule has 6 rings (SSSR count). The summed E-state index contributed by atoms with van der Waals surface area (Å²) in [4.78, 5) is 15.6. The second-order valence-corrected chi connectivity index (χ2v) is 10.4. The van der Waals surface area contributed by atoms with E-state index in [0.717, 1.165) is 22.0 Å². The predicted molar refractivity (Wildman–Crippen MR) is 121 cm³/mol. The van der Waals surface area contributed by atoms with Crippen LogP contribution in [0, 0.1) is 11.8 Å². The van der Waals surface area contributed by atoms with Crippen molar-refractivity contribution in [1.29, 1.82) is 0 Å². The van der Waals surface area contributed by atoms with Crippen LogP contribution in [0.2, 0.25) is 0 Å². The van der Waals surface area contributed by atoms with E-state index < -0.39 is 0 Å². The molecule has 2 aromatic rings. The first-order chi connectivity index (χ1) is 14.2. The van der Waals surface area contributed by atoms with E-state index in [1.807, 2.05) is 24.3 Å². The van der Waals surface area contributed by atoms with Crippen LogP contribution in [-0.4, -0.2) is 19.0 Å². The largest absolute Gasteiger partial charge is 0.370 e. The molecule has 0 spiro atoms. The van der Waals surface area contributed by atoms with Crippen molar-refractivity contribution in [2.24, 2.45) is 11.8 Å². The molecule has 0 saturated heterocycles. The van der Waals surface area contributed by atoms with Crippen LogP contribution < -0.4 is 10.2 Å². The molecule has 0 bridgehead atoms. The fourth-order valence-corrected chi connectivity index (χ4v) is 6.90. The van der Waals surface area contributed by atoms with Crippen molar-refractivity contribution in [3.63, 3.8) is 0 Å². The summed E-state index contributed by atoms with van der Waals surface area (Å²) in [5.41, 5.74) is 6.28. The third kappa shape index (κ3) is 2.94. The van der Waals surface area contributed by atoms with E-state index in [2.05, 4.69) is 38.3 Å². The van der Waals surface area contributed by atoms with Crippen LogP contribution in [0.3, 0.4) is 0 Å². The van der Waals surface area contributed by atoms with E-state index in [9.17, 15) is 4.79 Å². The third-order valence-electron chi connectivity index (χ3n) is 7.88. The standard InChI is InChI=1S/C25H27BrN2O/c26-18-9-7-15(8-10-18)25(29)27-19-11-22-20-5-1-3-16(20)13-28-14-17-4-2-6-21(17)23(12-19)24(22)28/h7-12,16-17,20-21H,1-6,13-14H2,(H,27,29)/t16-,17+,20-,21+. The fraction of sp³-hybridized carbons (Fsp3) is 0.480. The molecule has 4 heteroatoms. The Bertz CT molecular complexity index is 924. The van der Waals surface area contributed by atoms with E-state index >= 15 is 0 Å². The van der Waals surface area contributed by atoms with Crippen LogP contribution in [0.5, 0.6) is 0 Å². The highest BCUT2D eigenvalue weighted by molar-refractivity contribution is 9.10. The SMILES string of the molecule is O=C(Nc1cc2c3c(c1)[C@@H]1CCC[C@@H]1CN3C[C@@H]1CCC[C@H]21)c1ccc(Br)cc1. The second-order valence-electron chi connectivity index (χ2n) is 9.46. The Balaban J connectivity index is 1.41. The summed E-state index contributed by atoms with van der Waals surface area (Å²) in [6, 6.07) is 12.2. The zero-order valence-corrected chi connectivity index (χ0v) is 18.2. The monoisotopic (exact) mass is 450 g/mol. The van der Waals surface area contributed by atoms with Gasteiger partial charge >= 0.3 is 0 Å². The minimum Gasteiger partial charge on any atom is -0.370 e. The molecule has 0 radical (unpaired) electrons. The molecule has 3 nitrogen and oxygen atoms in total. The van der Waals surface area contributed by atoms with Gasteiger partial charge in [-0.1, -0.05) is 28.8 Å². The quantitative estimate of drug-likeness (QED) is 0.581. The van der Waals surface area contributed by atoms with Gasteiger partial charge in [0, 0.05) is 34.5 Å². The highest BCUT2D eigenvalue weighted by Gasteiger charge is 2.44. The average Bonchev–Trinajstić information content (AvgIpc) is 3.38. The van der Waals surface area contributed by atoms with Gasteiger partial charge in [0.25, 0.3) is 5.91 Å². The van der Waals surface area contributed by atoms with Gasteiger partial charge in [0.1, 0.15) is 0 Å². The maximum atomic E-state index is 12.9. The van der Waals surface area contributed by atoms with Gasteiger partial charge in [-0.15, -0.1) is 0 Å². The maximum absolute atomic E-state index is 12.9. The Kier molecular flexibility index (Phi) is 4.26. The van der Waals surface area contributed by atoms with E-state index in [1.54, 1.807) is 0 Å². The van der Waals surface area contributed by atoms with Gasteiger partial charge in [-0.05, 0) is 96.9 Å². The number of rotatable bonds is 2. The van der Waals surface area contributed by atoms with E-state index in [4.69, 9.17) is 0 Å². The van der Waals surface area contributed by atoms with Gasteiger partial charge in [0.05, 0.1) is 0 Å². The van der Waals surface area contributed by atoms with Gasteiger partial charge in [0.15, 0.2) is 0 Å². The molecule has 0 aromatic heterocycles. The van der Waals surface area contributed by atoms with Gasteiger partial charge in [0.2, 0.25) is 0 Å². The van der Waals surface area contributed by atoms with Crippen LogP contribution in [0.25, 0.3) is 0 Å². The molecule has 2 aliphatic heterocycles. The number of hydrogen-bond donors (Lipinski definition) is 1. The number of amides is 1. The minimum atomic E-state index is -0.0148. The van der Waals surface area contributed by atoms with Crippen molar-refractivity contribution < 1.29 is 4.79 Å². The Morgan fingerprint density at radius 3 is 2.07 bits per heavy atom. The van der Waals surface area contributed by atoms with E-state index in [0.29, 0.717) is 17.4 Å². The smallest absolute Gasteiger partial charge is 0.255 e. The fourth-order valence-electron chi connectivity index (χ4n) is 6.64. The lowest BCUT2D eigenvalue weighted by Crippen LogP contribution is -2.43.